The molecule has 2 atom stereocenters. The Labute approximate surface area is 125 Å². The Morgan fingerprint density at radius 3 is 2.80 bits per heavy atom. The van der Waals surface area contributed by atoms with Gasteiger partial charge >= 0.3 is 0 Å². The third-order valence-corrected chi connectivity index (χ3v) is 5.59. The topological polar surface area (TPSA) is 32.3 Å². The molecule has 2 fully saturated rings. The van der Waals surface area contributed by atoms with Crippen molar-refractivity contribution in [1.82, 2.24) is 10.2 Å². The van der Waals surface area contributed by atoms with Crippen molar-refractivity contribution < 1.29 is 4.79 Å². The quantitative estimate of drug-likeness (QED) is 0.874. The molecule has 1 saturated carbocycles. The molecule has 0 bridgehead atoms. The van der Waals surface area contributed by atoms with Crippen LogP contribution < -0.4 is 5.32 Å². The van der Waals surface area contributed by atoms with Crippen LogP contribution in [-0.2, 0) is 4.79 Å². The molecule has 0 spiro atoms. The van der Waals surface area contributed by atoms with Gasteiger partial charge in [-0.15, -0.1) is 11.3 Å². The first-order valence-electron chi connectivity index (χ1n) is 7.81. The van der Waals surface area contributed by atoms with Crippen molar-refractivity contribution in [2.24, 2.45) is 5.92 Å². The third-order valence-electron chi connectivity index (χ3n) is 4.48. The molecular weight excluding hydrogens is 268 g/mol. The van der Waals surface area contributed by atoms with Gasteiger partial charge in [-0.3, -0.25) is 9.69 Å². The largest absolute Gasteiger partial charge is 0.354 e. The zero-order valence-electron chi connectivity index (χ0n) is 12.2. The van der Waals surface area contributed by atoms with Gasteiger partial charge in [0.15, 0.2) is 0 Å². The number of nitrogens with zero attached hydrogens (tertiary/aromatic N) is 1. The van der Waals surface area contributed by atoms with Crippen LogP contribution in [0.3, 0.4) is 0 Å². The van der Waals surface area contributed by atoms with E-state index in [4.69, 9.17) is 0 Å². The number of thiophene rings is 1. The maximum Gasteiger partial charge on any atom is 0.237 e. The van der Waals surface area contributed by atoms with Crippen molar-refractivity contribution in [3.8, 4) is 0 Å². The summed E-state index contributed by atoms with van der Waals surface area (Å²) >= 11 is 1.77. The summed E-state index contributed by atoms with van der Waals surface area (Å²) in [4.78, 5) is 16.3. The lowest BCUT2D eigenvalue weighted by molar-refractivity contribution is -0.126. The van der Waals surface area contributed by atoms with Crippen molar-refractivity contribution >= 4 is 17.2 Å². The minimum Gasteiger partial charge on any atom is -0.354 e. The van der Waals surface area contributed by atoms with Gasteiger partial charge in [-0.05, 0) is 56.1 Å². The molecule has 1 aliphatic carbocycles. The predicted octanol–water partition coefficient (Wildman–Crippen LogP) is 2.84. The number of carbonyl (C=O) groups excluding carboxylic acids is 1. The van der Waals surface area contributed by atoms with Crippen LogP contribution in [0.5, 0.6) is 0 Å². The zero-order valence-corrected chi connectivity index (χ0v) is 13.0. The lowest BCUT2D eigenvalue weighted by atomic mass is 10.1. The van der Waals surface area contributed by atoms with E-state index in [2.05, 4.69) is 34.7 Å². The summed E-state index contributed by atoms with van der Waals surface area (Å²) in [6.45, 7) is 5.16. The molecule has 3 rings (SSSR count). The molecule has 20 heavy (non-hydrogen) atoms. The second-order valence-corrected chi connectivity index (χ2v) is 7.17. The maximum atomic E-state index is 12.5. The lowest BCUT2D eigenvalue weighted by Crippen LogP contribution is -2.47. The fourth-order valence-electron chi connectivity index (χ4n) is 3.14. The van der Waals surface area contributed by atoms with Crippen LogP contribution in [0.2, 0.25) is 0 Å². The molecular formula is C16H24N2OS. The van der Waals surface area contributed by atoms with E-state index in [9.17, 15) is 4.79 Å². The number of amides is 1. The van der Waals surface area contributed by atoms with E-state index in [0.29, 0.717) is 11.8 Å². The highest BCUT2D eigenvalue weighted by Crippen LogP contribution is 2.36. The van der Waals surface area contributed by atoms with E-state index in [1.165, 1.54) is 30.6 Å². The molecule has 1 aromatic rings. The van der Waals surface area contributed by atoms with Gasteiger partial charge in [-0.2, -0.15) is 0 Å². The van der Waals surface area contributed by atoms with Gasteiger partial charge in [-0.25, -0.2) is 0 Å². The van der Waals surface area contributed by atoms with Gasteiger partial charge < -0.3 is 5.32 Å². The van der Waals surface area contributed by atoms with E-state index < -0.39 is 0 Å². The van der Waals surface area contributed by atoms with E-state index in [1.807, 2.05) is 0 Å². The summed E-state index contributed by atoms with van der Waals surface area (Å²) in [5, 5.41) is 5.30. The summed E-state index contributed by atoms with van der Waals surface area (Å²) < 4.78 is 0. The Morgan fingerprint density at radius 1 is 1.45 bits per heavy atom. The highest BCUT2D eigenvalue weighted by molar-refractivity contribution is 7.10. The fourth-order valence-corrected chi connectivity index (χ4v) is 3.93. The molecule has 4 heteroatoms. The molecule has 1 aromatic heterocycles. The molecule has 1 saturated heterocycles. The number of rotatable bonds is 6. The Balaban J connectivity index is 1.54. The number of nitrogens with one attached hydrogen (secondary N) is 1. The van der Waals surface area contributed by atoms with Crippen LogP contribution in [0.1, 0.15) is 43.4 Å². The molecule has 1 amide bonds. The third kappa shape index (κ3) is 3.23. The summed E-state index contributed by atoms with van der Waals surface area (Å²) in [6, 6.07) is 4.38. The van der Waals surface area contributed by atoms with Gasteiger partial charge in [0.25, 0.3) is 0 Å². The van der Waals surface area contributed by atoms with Gasteiger partial charge in [0, 0.05) is 17.3 Å². The van der Waals surface area contributed by atoms with Gasteiger partial charge in [0.05, 0.1) is 6.04 Å². The SMILES string of the molecule is CC(CNC(=O)C(C1CC1)N1CCCC1)c1cccs1. The Hall–Kier alpha value is -0.870. The first kappa shape index (κ1) is 14.1. The molecule has 1 N–H and O–H groups in total. The first-order chi connectivity index (χ1) is 9.75. The Kier molecular flexibility index (Phi) is 4.41. The number of hydrogen-bond donors (Lipinski definition) is 1. The van der Waals surface area contributed by atoms with E-state index in [0.717, 1.165) is 19.6 Å². The van der Waals surface area contributed by atoms with Gasteiger partial charge in [0.2, 0.25) is 5.91 Å². The summed E-state index contributed by atoms with van der Waals surface area (Å²) in [5.41, 5.74) is 0. The number of likely N-dealkylation sites (tertiary alicyclic amines) is 1. The number of hydrogen-bond acceptors (Lipinski definition) is 3. The van der Waals surface area contributed by atoms with Crippen molar-refractivity contribution in [1.29, 1.82) is 0 Å². The van der Waals surface area contributed by atoms with Gasteiger partial charge in [-0.1, -0.05) is 13.0 Å². The lowest BCUT2D eigenvalue weighted by Gasteiger charge is -2.27. The second kappa shape index (κ2) is 6.27. The Morgan fingerprint density at radius 2 is 2.20 bits per heavy atom. The highest BCUT2D eigenvalue weighted by atomic mass is 32.1. The molecule has 0 aromatic carbocycles. The molecule has 1 aliphatic heterocycles. The Bertz CT molecular complexity index is 435. The smallest absolute Gasteiger partial charge is 0.237 e. The minimum atomic E-state index is 0.146. The van der Waals surface area contributed by atoms with Crippen molar-refractivity contribution in [3.05, 3.63) is 22.4 Å². The fraction of sp³-hybridized carbons (Fsp3) is 0.688. The summed E-state index contributed by atoms with van der Waals surface area (Å²) in [7, 11) is 0. The molecule has 2 heterocycles. The highest BCUT2D eigenvalue weighted by Gasteiger charge is 2.40. The average molecular weight is 292 g/mol. The van der Waals surface area contributed by atoms with Gasteiger partial charge in [0.1, 0.15) is 0 Å². The molecule has 2 aliphatic rings. The van der Waals surface area contributed by atoms with Crippen LogP contribution in [-0.4, -0.2) is 36.5 Å². The second-order valence-electron chi connectivity index (χ2n) is 6.19. The molecule has 110 valence electrons. The van der Waals surface area contributed by atoms with Crippen LogP contribution in [0.25, 0.3) is 0 Å². The minimum absolute atomic E-state index is 0.146. The van der Waals surface area contributed by atoms with E-state index in [1.54, 1.807) is 11.3 Å². The summed E-state index contributed by atoms with van der Waals surface area (Å²) in [6.07, 6.45) is 4.97. The van der Waals surface area contributed by atoms with E-state index >= 15 is 0 Å². The predicted molar refractivity (Wildman–Crippen MR) is 83.1 cm³/mol. The monoisotopic (exact) mass is 292 g/mol. The molecule has 2 unspecified atom stereocenters. The number of carbonyl (C=O) groups is 1. The molecule has 3 nitrogen and oxygen atoms in total. The zero-order chi connectivity index (χ0) is 13.9. The normalized spacial score (nSPS) is 22.6. The van der Waals surface area contributed by atoms with Crippen molar-refractivity contribution in [2.45, 2.75) is 44.6 Å². The average Bonchev–Trinajstić information content (AvgIpc) is 2.96. The maximum absolute atomic E-state index is 12.5. The van der Waals surface area contributed by atoms with E-state index in [-0.39, 0.29) is 11.9 Å². The van der Waals surface area contributed by atoms with Crippen molar-refractivity contribution in [2.75, 3.05) is 19.6 Å². The summed E-state index contributed by atoms with van der Waals surface area (Å²) in [5.74, 6) is 1.29. The standard InChI is InChI=1S/C16H24N2OS/c1-12(14-5-4-10-20-14)11-17-16(19)15(13-6-7-13)18-8-2-3-9-18/h4-5,10,12-13,15H,2-3,6-9,11H2,1H3,(H,17,19). The van der Waals surface area contributed by atoms with Crippen LogP contribution in [0.15, 0.2) is 17.5 Å². The van der Waals surface area contributed by atoms with Crippen molar-refractivity contribution in [3.63, 3.8) is 0 Å². The van der Waals surface area contributed by atoms with Crippen LogP contribution in [0.4, 0.5) is 0 Å². The molecule has 0 radical (unpaired) electrons. The van der Waals surface area contributed by atoms with Crippen LogP contribution >= 0.6 is 11.3 Å². The van der Waals surface area contributed by atoms with Crippen LogP contribution in [0, 0.1) is 5.92 Å². The first-order valence-corrected chi connectivity index (χ1v) is 8.69.